The van der Waals surface area contributed by atoms with Gasteiger partial charge in [0.15, 0.2) is 6.61 Å². The van der Waals surface area contributed by atoms with E-state index in [9.17, 15) is 9.59 Å². The Morgan fingerprint density at radius 2 is 1.90 bits per heavy atom. The van der Waals surface area contributed by atoms with E-state index in [1.807, 2.05) is 6.07 Å². The summed E-state index contributed by atoms with van der Waals surface area (Å²) < 4.78 is 5.19. The highest BCUT2D eigenvalue weighted by Gasteiger charge is 2.04. The Kier molecular flexibility index (Phi) is 5.78. The zero-order valence-corrected chi connectivity index (χ0v) is 11.3. The van der Waals surface area contributed by atoms with Crippen molar-refractivity contribution in [2.45, 2.75) is 13.8 Å². The van der Waals surface area contributed by atoms with Crippen LogP contribution < -0.4 is 15.6 Å². The SMILES string of the molecule is CC(C)=CC(=O)NNC(=O)COc1ccc(C#N)cc1. The fraction of sp³-hybridized carbons (Fsp3) is 0.214. The lowest BCUT2D eigenvalue weighted by atomic mass is 10.2. The summed E-state index contributed by atoms with van der Waals surface area (Å²) in [5.74, 6) is -0.420. The molecule has 2 amide bonds. The molecule has 1 aromatic carbocycles. The molecule has 2 N–H and O–H groups in total. The van der Waals surface area contributed by atoms with Crippen molar-refractivity contribution >= 4 is 11.8 Å². The van der Waals surface area contributed by atoms with Gasteiger partial charge in [-0.2, -0.15) is 5.26 Å². The van der Waals surface area contributed by atoms with E-state index >= 15 is 0 Å². The van der Waals surface area contributed by atoms with E-state index in [-0.39, 0.29) is 6.61 Å². The van der Waals surface area contributed by atoms with Crippen LogP contribution in [0.1, 0.15) is 19.4 Å². The lowest BCUT2D eigenvalue weighted by molar-refractivity contribution is -0.128. The molecule has 0 aromatic heterocycles. The minimum absolute atomic E-state index is 0.235. The van der Waals surface area contributed by atoms with Gasteiger partial charge in [0.1, 0.15) is 5.75 Å². The predicted molar refractivity (Wildman–Crippen MR) is 72.4 cm³/mol. The molecule has 104 valence electrons. The van der Waals surface area contributed by atoms with Crippen molar-refractivity contribution in [3.05, 3.63) is 41.5 Å². The van der Waals surface area contributed by atoms with Gasteiger partial charge in [-0.1, -0.05) is 5.57 Å². The number of allylic oxidation sites excluding steroid dienone is 1. The van der Waals surface area contributed by atoms with Crippen LogP contribution in [0.15, 0.2) is 35.9 Å². The van der Waals surface area contributed by atoms with Gasteiger partial charge in [-0.05, 0) is 38.1 Å². The molecule has 1 rings (SSSR count). The standard InChI is InChI=1S/C14H15N3O3/c1-10(2)7-13(18)16-17-14(19)9-20-12-5-3-11(8-15)4-6-12/h3-7H,9H2,1-2H3,(H,16,18)(H,17,19). The van der Waals surface area contributed by atoms with Gasteiger partial charge in [-0.15, -0.1) is 0 Å². The van der Waals surface area contributed by atoms with E-state index in [2.05, 4.69) is 10.9 Å². The summed E-state index contributed by atoms with van der Waals surface area (Å²) in [6, 6.07) is 8.34. The molecule has 0 saturated carbocycles. The largest absolute Gasteiger partial charge is 0.484 e. The number of hydrogen-bond acceptors (Lipinski definition) is 4. The van der Waals surface area contributed by atoms with Gasteiger partial charge in [-0.3, -0.25) is 20.4 Å². The lowest BCUT2D eigenvalue weighted by Crippen LogP contribution is -2.43. The molecule has 0 saturated heterocycles. The average molecular weight is 273 g/mol. The molecule has 0 atom stereocenters. The number of carbonyl (C=O) groups is 2. The zero-order valence-electron chi connectivity index (χ0n) is 11.3. The quantitative estimate of drug-likeness (QED) is 0.633. The van der Waals surface area contributed by atoms with Gasteiger partial charge in [0.25, 0.3) is 11.8 Å². The molecule has 0 bridgehead atoms. The molecule has 0 radical (unpaired) electrons. The summed E-state index contributed by atoms with van der Waals surface area (Å²) in [4.78, 5) is 22.6. The monoisotopic (exact) mass is 273 g/mol. The van der Waals surface area contributed by atoms with E-state index in [4.69, 9.17) is 10.00 Å². The third kappa shape index (κ3) is 5.69. The van der Waals surface area contributed by atoms with Crippen molar-refractivity contribution in [1.29, 1.82) is 5.26 Å². The van der Waals surface area contributed by atoms with Crippen molar-refractivity contribution in [1.82, 2.24) is 10.9 Å². The third-order valence-electron chi connectivity index (χ3n) is 2.10. The molecule has 0 spiro atoms. The Hall–Kier alpha value is -2.81. The molecule has 0 aliphatic rings. The fourth-order valence-electron chi connectivity index (χ4n) is 1.24. The molecule has 20 heavy (non-hydrogen) atoms. The molecule has 6 nitrogen and oxygen atoms in total. The Morgan fingerprint density at radius 1 is 1.25 bits per heavy atom. The number of hydrazine groups is 1. The van der Waals surface area contributed by atoms with E-state index in [0.717, 1.165) is 5.57 Å². The number of nitrogens with one attached hydrogen (secondary N) is 2. The normalized spacial score (nSPS) is 9.05. The number of ether oxygens (including phenoxy) is 1. The smallest absolute Gasteiger partial charge is 0.276 e. The van der Waals surface area contributed by atoms with Crippen LogP contribution in [0, 0.1) is 11.3 Å². The third-order valence-corrected chi connectivity index (χ3v) is 2.10. The van der Waals surface area contributed by atoms with Crippen molar-refractivity contribution in [2.24, 2.45) is 0 Å². The molecule has 0 aliphatic heterocycles. The highest BCUT2D eigenvalue weighted by molar-refractivity contribution is 5.90. The topological polar surface area (TPSA) is 91.2 Å². The molecular weight excluding hydrogens is 258 g/mol. The summed E-state index contributed by atoms with van der Waals surface area (Å²) in [6.07, 6.45) is 1.36. The van der Waals surface area contributed by atoms with E-state index in [0.29, 0.717) is 11.3 Å². The summed E-state index contributed by atoms with van der Waals surface area (Å²) in [6.45, 7) is 3.31. The van der Waals surface area contributed by atoms with Crippen LogP contribution in [-0.4, -0.2) is 18.4 Å². The summed E-state index contributed by atoms with van der Waals surface area (Å²) in [5, 5.41) is 8.63. The van der Waals surface area contributed by atoms with Crippen LogP contribution >= 0.6 is 0 Å². The van der Waals surface area contributed by atoms with Crippen molar-refractivity contribution in [2.75, 3.05) is 6.61 Å². The maximum Gasteiger partial charge on any atom is 0.276 e. The average Bonchev–Trinajstić information content (AvgIpc) is 2.42. The number of carbonyl (C=O) groups excluding carboxylic acids is 2. The molecule has 6 heteroatoms. The minimum Gasteiger partial charge on any atom is -0.484 e. The van der Waals surface area contributed by atoms with Gasteiger partial charge in [-0.25, -0.2) is 0 Å². The van der Waals surface area contributed by atoms with E-state index in [1.54, 1.807) is 38.1 Å². The highest BCUT2D eigenvalue weighted by atomic mass is 16.5. The number of rotatable bonds is 4. The van der Waals surface area contributed by atoms with Gasteiger partial charge in [0.2, 0.25) is 0 Å². The number of hydrogen-bond donors (Lipinski definition) is 2. The Balaban J connectivity index is 2.34. The molecular formula is C14H15N3O3. The number of nitrogens with zero attached hydrogens (tertiary/aromatic N) is 1. The number of amides is 2. The molecule has 0 unspecified atom stereocenters. The van der Waals surface area contributed by atoms with Gasteiger partial charge < -0.3 is 4.74 Å². The molecule has 0 aliphatic carbocycles. The summed E-state index contributed by atoms with van der Waals surface area (Å²) in [7, 11) is 0. The maximum atomic E-state index is 11.4. The Morgan fingerprint density at radius 3 is 2.45 bits per heavy atom. The Labute approximate surface area is 117 Å². The van der Waals surface area contributed by atoms with Gasteiger partial charge in [0, 0.05) is 6.08 Å². The first-order valence-corrected chi connectivity index (χ1v) is 5.88. The van der Waals surface area contributed by atoms with E-state index in [1.165, 1.54) is 6.08 Å². The number of benzene rings is 1. The lowest BCUT2D eigenvalue weighted by Gasteiger charge is -2.07. The van der Waals surface area contributed by atoms with Gasteiger partial charge >= 0.3 is 0 Å². The summed E-state index contributed by atoms with van der Waals surface area (Å²) >= 11 is 0. The predicted octanol–water partition coefficient (Wildman–Crippen LogP) is 1.05. The summed E-state index contributed by atoms with van der Waals surface area (Å²) in [5.41, 5.74) is 5.79. The number of nitriles is 1. The molecule has 1 aromatic rings. The highest BCUT2D eigenvalue weighted by Crippen LogP contribution is 2.10. The Bertz CT molecular complexity index is 552. The first-order valence-electron chi connectivity index (χ1n) is 5.88. The first-order chi connectivity index (χ1) is 9.51. The van der Waals surface area contributed by atoms with Crippen molar-refractivity contribution in [3.63, 3.8) is 0 Å². The second kappa shape index (κ2) is 7.59. The fourth-order valence-corrected chi connectivity index (χ4v) is 1.24. The van der Waals surface area contributed by atoms with Crippen LogP contribution in [0.25, 0.3) is 0 Å². The first kappa shape index (κ1) is 15.2. The van der Waals surface area contributed by atoms with Crippen LogP contribution in [0.4, 0.5) is 0 Å². The molecule has 0 heterocycles. The maximum absolute atomic E-state index is 11.4. The van der Waals surface area contributed by atoms with Crippen LogP contribution in [-0.2, 0) is 9.59 Å². The minimum atomic E-state index is -0.482. The second-order valence-corrected chi connectivity index (χ2v) is 4.18. The van der Waals surface area contributed by atoms with Crippen molar-refractivity contribution in [3.8, 4) is 11.8 Å². The van der Waals surface area contributed by atoms with Crippen LogP contribution in [0.5, 0.6) is 5.75 Å². The molecule has 0 fully saturated rings. The van der Waals surface area contributed by atoms with E-state index < -0.39 is 11.8 Å². The van der Waals surface area contributed by atoms with Gasteiger partial charge in [0.05, 0.1) is 11.6 Å². The second-order valence-electron chi connectivity index (χ2n) is 4.18. The van der Waals surface area contributed by atoms with Crippen LogP contribution in [0.3, 0.4) is 0 Å². The van der Waals surface area contributed by atoms with Crippen molar-refractivity contribution < 1.29 is 14.3 Å². The van der Waals surface area contributed by atoms with Crippen LogP contribution in [0.2, 0.25) is 0 Å². The zero-order chi connectivity index (χ0) is 15.0.